The van der Waals surface area contributed by atoms with Gasteiger partial charge in [0.25, 0.3) is 0 Å². The highest BCUT2D eigenvalue weighted by Crippen LogP contribution is 2.27. The van der Waals surface area contributed by atoms with E-state index in [1.165, 1.54) is 24.0 Å². The Kier molecular flexibility index (Phi) is 7.53. The van der Waals surface area contributed by atoms with Crippen molar-refractivity contribution in [3.8, 4) is 11.1 Å². The van der Waals surface area contributed by atoms with E-state index >= 15 is 0 Å². The monoisotopic (exact) mass is 302 g/mol. The predicted octanol–water partition coefficient (Wildman–Crippen LogP) is 6.79. The molecule has 21 heavy (non-hydrogen) atoms. The van der Waals surface area contributed by atoms with Gasteiger partial charge in [-0.3, -0.25) is 0 Å². The molecule has 0 radical (unpaired) electrons. The fourth-order valence-corrected chi connectivity index (χ4v) is 2.15. The third kappa shape index (κ3) is 6.82. The van der Waals surface area contributed by atoms with Crippen molar-refractivity contribution >= 4 is 11.6 Å². The van der Waals surface area contributed by atoms with Crippen LogP contribution in [0.25, 0.3) is 11.1 Å². The first-order valence-electron chi connectivity index (χ1n) is 7.74. The van der Waals surface area contributed by atoms with Crippen molar-refractivity contribution in [2.45, 2.75) is 45.4 Å². The van der Waals surface area contributed by atoms with Crippen LogP contribution >= 0.6 is 11.6 Å². The number of halogens is 1. The maximum absolute atomic E-state index is 6.06. The van der Waals surface area contributed by atoms with Gasteiger partial charge >= 0.3 is 0 Å². The van der Waals surface area contributed by atoms with Crippen LogP contribution in [0.2, 0.25) is 0 Å². The standard InChI is InChI=1S/C12H10.C8H17Cl/c1-3-7-11(8-4-1)12-9-5-2-6-10-12;1-5-6-7(2)8(3,4)9/h1-10H;7H,5-6H2,1-4H3. The van der Waals surface area contributed by atoms with Crippen LogP contribution in [0.4, 0.5) is 0 Å². The summed E-state index contributed by atoms with van der Waals surface area (Å²) in [6.45, 7) is 8.55. The van der Waals surface area contributed by atoms with Crippen LogP contribution < -0.4 is 0 Å². The van der Waals surface area contributed by atoms with Gasteiger partial charge in [0.05, 0.1) is 0 Å². The number of alkyl halides is 1. The van der Waals surface area contributed by atoms with Gasteiger partial charge in [-0.25, -0.2) is 0 Å². The highest BCUT2D eigenvalue weighted by atomic mass is 35.5. The molecule has 0 spiro atoms. The van der Waals surface area contributed by atoms with Crippen LogP contribution in [0, 0.1) is 5.92 Å². The summed E-state index contributed by atoms with van der Waals surface area (Å²) in [4.78, 5) is -0.0178. The third-order valence-corrected chi connectivity index (χ3v) is 4.15. The molecule has 0 aliphatic carbocycles. The van der Waals surface area contributed by atoms with E-state index in [0.29, 0.717) is 5.92 Å². The molecule has 0 N–H and O–H groups in total. The lowest BCUT2D eigenvalue weighted by Gasteiger charge is -2.23. The van der Waals surface area contributed by atoms with Crippen molar-refractivity contribution in [1.82, 2.24) is 0 Å². The van der Waals surface area contributed by atoms with E-state index in [1.807, 2.05) is 12.1 Å². The van der Waals surface area contributed by atoms with Crippen molar-refractivity contribution in [2.75, 3.05) is 0 Å². The Hall–Kier alpha value is -1.27. The molecule has 0 aromatic heterocycles. The molecule has 0 fully saturated rings. The Balaban J connectivity index is 0.000000222. The van der Waals surface area contributed by atoms with Gasteiger partial charge in [0.15, 0.2) is 0 Å². The van der Waals surface area contributed by atoms with E-state index in [9.17, 15) is 0 Å². The second kappa shape index (κ2) is 8.89. The topological polar surface area (TPSA) is 0 Å². The number of rotatable bonds is 4. The first-order valence-corrected chi connectivity index (χ1v) is 8.12. The molecule has 1 heteroatoms. The summed E-state index contributed by atoms with van der Waals surface area (Å²) in [7, 11) is 0. The summed E-state index contributed by atoms with van der Waals surface area (Å²) in [6.07, 6.45) is 2.47. The normalized spacial score (nSPS) is 12.2. The molecule has 0 saturated heterocycles. The number of hydrogen-bond acceptors (Lipinski definition) is 0. The first-order chi connectivity index (χ1) is 9.95. The zero-order valence-electron chi connectivity index (χ0n) is 13.6. The molecule has 0 amide bonds. The van der Waals surface area contributed by atoms with Crippen LogP contribution in [-0.2, 0) is 0 Å². The average molecular weight is 303 g/mol. The molecule has 2 aromatic rings. The second-order valence-electron chi connectivity index (χ2n) is 5.99. The molecular formula is C20H27Cl. The second-order valence-corrected chi connectivity index (χ2v) is 6.96. The molecule has 0 bridgehead atoms. The Morgan fingerprint density at radius 2 is 1.24 bits per heavy atom. The smallest absolute Gasteiger partial charge is 0.0416 e. The predicted molar refractivity (Wildman–Crippen MR) is 95.9 cm³/mol. The Bertz CT molecular complexity index is 445. The van der Waals surface area contributed by atoms with Crippen LogP contribution in [0.3, 0.4) is 0 Å². The fraction of sp³-hybridized carbons (Fsp3) is 0.400. The van der Waals surface area contributed by atoms with Crippen LogP contribution in [-0.4, -0.2) is 4.87 Å². The van der Waals surface area contributed by atoms with Crippen molar-refractivity contribution < 1.29 is 0 Å². The Morgan fingerprint density at radius 1 is 0.857 bits per heavy atom. The van der Waals surface area contributed by atoms with E-state index in [1.54, 1.807) is 0 Å². The van der Waals surface area contributed by atoms with Crippen molar-refractivity contribution in [3.05, 3.63) is 60.7 Å². The van der Waals surface area contributed by atoms with E-state index < -0.39 is 0 Å². The summed E-state index contributed by atoms with van der Waals surface area (Å²) < 4.78 is 0. The lowest BCUT2D eigenvalue weighted by molar-refractivity contribution is 0.418. The number of benzene rings is 2. The summed E-state index contributed by atoms with van der Waals surface area (Å²) in [5, 5.41) is 0. The molecule has 0 heterocycles. The van der Waals surface area contributed by atoms with Gasteiger partial charge in [-0.2, -0.15) is 0 Å². The van der Waals surface area contributed by atoms with E-state index in [0.717, 1.165) is 0 Å². The minimum atomic E-state index is -0.0178. The van der Waals surface area contributed by atoms with Crippen molar-refractivity contribution in [1.29, 1.82) is 0 Å². The van der Waals surface area contributed by atoms with Crippen molar-refractivity contribution in [2.24, 2.45) is 5.92 Å². The SMILES string of the molecule is CCCC(C)C(C)(C)Cl.c1ccc(-c2ccccc2)cc1. The molecule has 0 aliphatic heterocycles. The van der Waals surface area contributed by atoms with Gasteiger partial charge in [0.2, 0.25) is 0 Å². The van der Waals surface area contributed by atoms with Gasteiger partial charge < -0.3 is 0 Å². The fourth-order valence-electron chi connectivity index (χ4n) is 2.04. The highest BCUT2D eigenvalue weighted by molar-refractivity contribution is 6.23. The Labute approximate surface area is 135 Å². The minimum Gasteiger partial charge on any atom is -0.120 e. The van der Waals surface area contributed by atoms with Gasteiger partial charge in [-0.05, 0) is 37.3 Å². The van der Waals surface area contributed by atoms with E-state index in [-0.39, 0.29) is 4.87 Å². The molecule has 0 saturated carbocycles. The van der Waals surface area contributed by atoms with Crippen molar-refractivity contribution in [3.63, 3.8) is 0 Å². The quantitative estimate of drug-likeness (QED) is 0.545. The van der Waals surface area contributed by atoms with Gasteiger partial charge in [0.1, 0.15) is 0 Å². The lowest BCUT2D eigenvalue weighted by Crippen LogP contribution is -2.21. The summed E-state index contributed by atoms with van der Waals surface area (Å²) >= 11 is 6.06. The summed E-state index contributed by atoms with van der Waals surface area (Å²) in [6, 6.07) is 20.8. The summed E-state index contributed by atoms with van der Waals surface area (Å²) in [5.74, 6) is 0.629. The minimum absolute atomic E-state index is 0.0178. The molecule has 2 rings (SSSR count). The molecule has 1 unspecified atom stereocenters. The molecule has 114 valence electrons. The molecule has 0 nitrogen and oxygen atoms in total. The zero-order chi connectivity index (χ0) is 15.7. The first kappa shape index (κ1) is 17.8. The molecule has 1 atom stereocenters. The molecule has 2 aromatic carbocycles. The van der Waals surface area contributed by atoms with Crippen LogP contribution in [0.1, 0.15) is 40.5 Å². The Morgan fingerprint density at radius 3 is 1.48 bits per heavy atom. The maximum Gasteiger partial charge on any atom is 0.0416 e. The maximum atomic E-state index is 6.06. The van der Waals surface area contributed by atoms with Crippen LogP contribution in [0.15, 0.2) is 60.7 Å². The van der Waals surface area contributed by atoms with Crippen LogP contribution in [0.5, 0.6) is 0 Å². The lowest BCUT2D eigenvalue weighted by atomic mass is 9.93. The summed E-state index contributed by atoms with van der Waals surface area (Å²) in [5.41, 5.74) is 2.55. The third-order valence-electron chi connectivity index (χ3n) is 3.77. The largest absolute Gasteiger partial charge is 0.120 e. The van der Waals surface area contributed by atoms with E-state index in [4.69, 9.17) is 11.6 Å². The van der Waals surface area contributed by atoms with Gasteiger partial charge in [-0.15, -0.1) is 11.6 Å². The number of hydrogen-bond donors (Lipinski definition) is 0. The zero-order valence-corrected chi connectivity index (χ0v) is 14.4. The molecule has 0 aliphatic rings. The van der Waals surface area contributed by atoms with Gasteiger partial charge in [0, 0.05) is 4.87 Å². The van der Waals surface area contributed by atoms with E-state index in [2.05, 4.69) is 76.2 Å². The highest BCUT2D eigenvalue weighted by Gasteiger charge is 2.20. The average Bonchev–Trinajstić information content (AvgIpc) is 2.49. The van der Waals surface area contributed by atoms with Gasteiger partial charge in [-0.1, -0.05) is 80.9 Å². The molecular weight excluding hydrogens is 276 g/mol.